The summed E-state index contributed by atoms with van der Waals surface area (Å²) in [6.45, 7) is 0.156. The Hall–Kier alpha value is -1.67. The normalized spacial score (nSPS) is 11.4. The molecule has 0 atom stereocenters. The second kappa shape index (κ2) is 5.42. The largest absolute Gasteiger partial charge is 0.389 e. The highest BCUT2D eigenvalue weighted by Gasteiger charge is 2.25. The molecular weight excluding hydrogens is 227 g/mol. The van der Waals surface area contributed by atoms with Crippen LogP contribution >= 0.6 is 0 Å². The standard InChI is InChI=1S/C7H10F3N5O/c8-7(9,10)3-1-2-4-11-6(16)5-12-14-15-13-5/h1-4H2,(H,11,16)(H,12,13,14,15). The Morgan fingerprint density at radius 2 is 2.12 bits per heavy atom. The van der Waals surface area contributed by atoms with Crippen LogP contribution in [0.5, 0.6) is 0 Å². The number of aromatic nitrogens is 4. The molecule has 1 aromatic heterocycles. The minimum atomic E-state index is -4.14. The number of nitrogens with zero attached hydrogens (tertiary/aromatic N) is 3. The van der Waals surface area contributed by atoms with Crippen LogP contribution in [0.1, 0.15) is 29.9 Å². The first-order chi connectivity index (χ1) is 7.49. The van der Waals surface area contributed by atoms with Crippen molar-refractivity contribution in [2.75, 3.05) is 6.54 Å². The molecule has 0 aromatic carbocycles. The summed E-state index contributed by atoms with van der Waals surface area (Å²) in [5.41, 5.74) is 0. The van der Waals surface area contributed by atoms with Gasteiger partial charge in [-0.1, -0.05) is 0 Å². The molecule has 9 heteroatoms. The van der Waals surface area contributed by atoms with Crippen LogP contribution in [0.2, 0.25) is 0 Å². The van der Waals surface area contributed by atoms with Crippen molar-refractivity contribution in [3.63, 3.8) is 0 Å². The Bertz CT molecular complexity index is 323. The van der Waals surface area contributed by atoms with Crippen molar-refractivity contribution >= 4 is 5.91 Å². The molecule has 90 valence electrons. The number of alkyl halides is 3. The lowest BCUT2D eigenvalue weighted by molar-refractivity contribution is -0.135. The molecule has 1 amide bonds. The van der Waals surface area contributed by atoms with Gasteiger partial charge in [0.25, 0.3) is 11.7 Å². The lowest BCUT2D eigenvalue weighted by Crippen LogP contribution is -2.25. The van der Waals surface area contributed by atoms with Gasteiger partial charge in [-0.15, -0.1) is 10.2 Å². The molecule has 1 heterocycles. The summed E-state index contributed by atoms with van der Waals surface area (Å²) in [6, 6.07) is 0. The number of rotatable bonds is 5. The van der Waals surface area contributed by atoms with Crippen molar-refractivity contribution in [1.29, 1.82) is 0 Å². The highest BCUT2D eigenvalue weighted by Crippen LogP contribution is 2.21. The van der Waals surface area contributed by atoms with E-state index in [0.717, 1.165) is 0 Å². The minimum absolute atomic E-state index is 0.0178. The summed E-state index contributed by atoms with van der Waals surface area (Å²) in [7, 11) is 0. The number of amides is 1. The first kappa shape index (κ1) is 12.4. The molecule has 0 fully saturated rings. The Labute approximate surface area is 88.6 Å². The summed E-state index contributed by atoms with van der Waals surface area (Å²) < 4.78 is 35.2. The molecule has 1 rings (SSSR count). The van der Waals surface area contributed by atoms with Gasteiger partial charge in [0.15, 0.2) is 0 Å². The number of aromatic amines is 1. The Morgan fingerprint density at radius 1 is 1.38 bits per heavy atom. The van der Waals surface area contributed by atoms with E-state index in [9.17, 15) is 18.0 Å². The molecule has 16 heavy (non-hydrogen) atoms. The average molecular weight is 237 g/mol. The summed E-state index contributed by atoms with van der Waals surface area (Å²) in [4.78, 5) is 11.1. The van der Waals surface area contributed by atoms with Crippen LogP contribution in [0.4, 0.5) is 13.2 Å². The molecule has 0 saturated carbocycles. The van der Waals surface area contributed by atoms with Crippen LogP contribution < -0.4 is 5.32 Å². The fourth-order valence-electron chi connectivity index (χ4n) is 0.989. The molecular formula is C7H10F3N5O. The number of carbonyl (C=O) groups is 1. The van der Waals surface area contributed by atoms with E-state index in [-0.39, 0.29) is 25.2 Å². The fraction of sp³-hybridized carbons (Fsp3) is 0.714. The fourth-order valence-corrected chi connectivity index (χ4v) is 0.989. The maximum Gasteiger partial charge on any atom is 0.389 e. The van der Waals surface area contributed by atoms with Crippen molar-refractivity contribution < 1.29 is 18.0 Å². The average Bonchev–Trinajstić information content (AvgIpc) is 2.67. The number of nitrogens with one attached hydrogen (secondary N) is 2. The van der Waals surface area contributed by atoms with Crippen molar-refractivity contribution in [3.05, 3.63) is 5.82 Å². The van der Waals surface area contributed by atoms with Crippen LogP contribution in [0.25, 0.3) is 0 Å². The molecule has 0 saturated heterocycles. The minimum Gasteiger partial charge on any atom is -0.349 e. The van der Waals surface area contributed by atoms with Crippen LogP contribution in [-0.4, -0.2) is 39.3 Å². The number of hydrogen-bond donors (Lipinski definition) is 2. The zero-order valence-electron chi connectivity index (χ0n) is 8.21. The van der Waals surface area contributed by atoms with E-state index >= 15 is 0 Å². The summed E-state index contributed by atoms with van der Waals surface area (Å²) in [5.74, 6) is -0.684. The van der Waals surface area contributed by atoms with Crippen molar-refractivity contribution in [1.82, 2.24) is 25.9 Å². The second-order valence-electron chi connectivity index (χ2n) is 3.06. The first-order valence-electron chi connectivity index (χ1n) is 4.57. The van der Waals surface area contributed by atoms with Gasteiger partial charge in [-0.25, -0.2) is 0 Å². The van der Waals surface area contributed by atoms with Crippen LogP contribution in [0, 0.1) is 0 Å². The smallest absolute Gasteiger partial charge is 0.349 e. The lowest BCUT2D eigenvalue weighted by atomic mass is 10.2. The van der Waals surface area contributed by atoms with Gasteiger partial charge in [0, 0.05) is 13.0 Å². The van der Waals surface area contributed by atoms with E-state index < -0.39 is 18.5 Å². The predicted molar refractivity (Wildman–Crippen MR) is 46.4 cm³/mol. The highest BCUT2D eigenvalue weighted by atomic mass is 19.4. The summed E-state index contributed by atoms with van der Waals surface area (Å²) in [6.07, 6.45) is -4.75. The first-order valence-corrected chi connectivity index (χ1v) is 4.57. The monoisotopic (exact) mass is 237 g/mol. The topological polar surface area (TPSA) is 83.6 Å². The Balaban J connectivity index is 2.10. The van der Waals surface area contributed by atoms with Crippen LogP contribution in [-0.2, 0) is 0 Å². The third-order valence-electron chi connectivity index (χ3n) is 1.72. The number of H-pyrrole nitrogens is 1. The lowest BCUT2D eigenvalue weighted by Gasteiger charge is -2.05. The molecule has 0 aliphatic heterocycles. The van der Waals surface area contributed by atoms with Gasteiger partial charge >= 0.3 is 6.18 Å². The van der Waals surface area contributed by atoms with E-state index in [1.54, 1.807) is 0 Å². The van der Waals surface area contributed by atoms with E-state index in [0.29, 0.717) is 0 Å². The molecule has 0 spiro atoms. The van der Waals surface area contributed by atoms with E-state index in [2.05, 4.69) is 25.9 Å². The van der Waals surface area contributed by atoms with E-state index in [1.807, 2.05) is 0 Å². The maximum atomic E-state index is 11.7. The van der Waals surface area contributed by atoms with Gasteiger partial charge in [-0.05, 0) is 18.1 Å². The molecule has 0 unspecified atom stereocenters. The second-order valence-corrected chi connectivity index (χ2v) is 3.06. The van der Waals surface area contributed by atoms with Crippen molar-refractivity contribution in [2.24, 2.45) is 0 Å². The van der Waals surface area contributed by atoms with E-state index in [4.69, 9.17) is 0 Å². The summed E-state index contributed by atoms with van der Waals surface area (Å²) in [5, 5.41) is 14.5. The third-order valence-corrected chi connectivity index (χ3v) is 1.72. The quantitative estimate of drug-likeness (QED) is 0.737. The van der Waals surface area contributed by atoms with Gasteiger partial charge in [0.2, 0.25) is 0 Å². The molecule has 1 aromatic rings. The van der Waals surface area contributed by atoms with Crippen LogP contribution in [0.3, 0.4) is 0 Å². The molecule has 0 aliphatic carbocycles. The molecule has 0 aliphatic rings. The number of carbonyl (C=O) groups excluding carboxylic acids is 1. The van der Waals surface area contributed by atoms with Gasteiger partial charge in [0.1, 0.15) is 0 Å². The number of hydrogen-bond acceptors (Lipinski definition) is 4. The van der Waals surface area contributed by atoms with E-state index in [1.165, 1.54) is 0 Å². The Morgan fingerprint density at radius 3 is 2.69 bits per heavy atom. The highest BCUT2D eigenvalue weighted by molar-refractivity contribution is 5.89. The molecule has 2 N–H and O–H groups in total. The van der Waals surface area contributed by atoms with Crippen molar-refractivity contribution in [2.45, 2.75) is 25.4 Å². The molecule has 0 radical (unpaired) electrons. The molecule has 6 nitrogen and oxygen atoms in total. The number of halogens is 3. The Kier molecular flexibility index (Phi) is 4.20. The van der Waals surface area contributed by atoms with Crippen LogP contribution in [0.15, 0.2) is 0 Å². The molecule has 0 bridgehead atoms. The van der Waals surface area contributed by atoms with Gasteiger partial charge < -0.3 is 5.32 Å². The van der Waals surface area contributed by atoms with Gasteiger partial charge in [0.05, 0.1) is 0 Å². The number of tetrazole rings is 1. The zero-order valence-corrected chi connectivity index (χ0v) is 8.21. The number of unbranched alkanes of at least 4 members (excludes halogenated alkanes) is 1. The van der Waals surface area contributed by atoms with Crippen molar-refractivity contribution in [3.8, 4) is 0 Å². The maximum absolute atomic E-state index is 11.7. The zero-order chi connectivity index (χ0) is 12.0. The van der Waals surface area contributed by atoms with Gasteiger partial charge in [-0.3, -0.25) is 4.79 Å². The predicted octanol–water partition coefficient (Wildman–Crippen LogP) is 0.662. The van der Waals surface area contributed by atoms with Gasteiger partial charge in [-0.2, -0.15) is 18.4 Å². The SMILES string of the molecule is O=C(NCCCCC(F)(F)F)c1nn[nH]n1. The summed E-state index contributed by atoms with van der Waals surface area (Å²) >= 11 is 0. The third kappa shape index (κ3) is 4.71.